The van der Waals surface area contributed by atoms with Gasteiger partial charge in [-0.1, -0.05) is 6.42 Å². The van der Waals surface area contributed by atoms with E-state index in [1.807, 2.05) is 0 Å². The molecule has 7 nitrogen and oxygen atoms in total. The SMILES string of the molecule is O=C(CN(c1ccc(F)cc1)S(=O)(=O)c1ccc2c(c1)OCCO2)N[C@@H]1C[C@@H]2CC[C@@H]1C2. The van der Waals surface area contributed by atoms with Gasteiger partial charge in [0.1, 0.15) is 25.6 Å². The van der Waals surface area contributed by atoms with Crippen molar-refractivity contribution in [1.29, 1.82) is 0 Å². The summed E-state index contributed by atoms with van der Waals surface area (Å²) in [5, 5.41) is 3.03. The molecule has 0 unspecified atom stereocenters. The van der Waals surface area contributed by atoms with Crippen LogP contribution in [0.3, 0.4) is 0 Å². The highest BCUT2D eigenvalue weighted by atomic mass is 32.2. The van der Waals surface area contributed by atoms with Crippen molar-refractivity contribution in [1.82, 2.24) is 5.32 Å². The number of nitrogens with one attached hydrogen (secondary N) is 1. The van der Waals surface area contributed by atoms with Gasteiger partial charge in [0.2, 0.25) is 5.91 Å². The Bertz CT molecular complexity index is 1120. The lowest BCUT2D eigenvalue weighted by Crippen LogP contribution is -2.46. The number of amides is 1. The number of anilines is 1. The molecule has 2 bridgehead atoms. The normalized spacial score (nSPS) is 23.7. The molecule has 2 aliphatic carbocycles. The number of carbonyl (C=O) groups is 1. The van der Waals surface area contributed by atoms with E-state index in [0.29, 0.717) is 36.5 Å². The van der Waals surface area contributed by atoms with Crippen molar-refractivity contribution >= 4 is 21.6 Å². The first-order chi connectivity index (χ1) is 15.4. The molecule has 0 radical (unpaired) electrons. The van der Waals surface area contributed by atoms with Crippen molar-refractivity contribution in [3.63, 3.8) is 0 Å². The number of halogens is 1. The van der Waals surface area contributed by atoms with Crippen LogP contribution in [-0.4, -0.2) is 40.1 Å². The van der Waals surface area contributed by atoms with Crippen LogP contribution < -0.4 is 19.1 Å². The number of benzene rings is 2. The van der Waals surface area contributed by atoms with Crippen molar-refractivity contribution in [2.75, 3.05) is 24.1 Å². The zero-order valence-electron chi connectivity index (χ0n) is 17.5. The van der Waals surface area contributed by atoms with Crippen LogP contribution in [0.5, 0.6) is 11.5 Å². The maximum Gasteiger partial charge on any atom is 0.264 e. The molecule has 1 heterocycles. The molecule has 9 heteroatoms. The molecule has 2 saturated carbocycles. The number of hydrogen-bond donors (Lipinski definition) is 1. The van der Waals surface area contributed by atoms with Gasteiger partial charge in [0.15, 0.2) is 11.5 Å². The van der Waals surface area contributed by atoms with Crippen molar-refractivity contribution in [2.24, 2.45) is 11.8 Å². The molecule has 3 atom stereocenters. The highest BCUT2D eigenvalue weighted by Crippen LogP contribution is 2.44. The summed E-state index contributed by atoms with van der Waals surface area (Å²) >= 11 is 0. The summed E-state index contributed by atoms with van der Waals surface area (Å²) in [6.07, 6.45) is 4.38. The standard InChI is InChI=1S/C23H25FN2O5S/c24-17-3-5-18(6-4-17)26(14-23(27)25-20-12-15-1-2-16(20)11-15)32(28,29)19-7-8-21-22(13-19)31-10-9-30-21/h3-8,13,15-16,20H,1-2,9-12,14H2,(H,25,27)/t15-,16-,20-/m1/s1. The average Bonchev–Trinajstić information content (AvgIpc) is 3.41. The first-order valence-corrected chi connectivity index (χ1v) is 12.3. The van der Waals surface area contributed by atoms with Gasteiger partial charge in [-0.05, 0) is 67.5 Å². The lowest BCUT2D eigenvalue weighted by molar-refractivity contribution is -0.120. The summed E-state index contributed by atoms with van der Waals surface area (Å²) in [6.45, 7) is 0.324. The number of sulfonamides is 1. The first kappa shape index (κ1) is 21.1. The van der Waals surface area contributed by atoms with Crippen LogP contribution in [0.15, 0.2) is 47.4 Å². The first-order valence-electron chi connectivity index (χ1n) is 10.9. The number of hydrogen-bond acceptors (Lipinski definition) is 5. The molecule has 2 aromatic rings. The van der Waals surface area contributed by atoms with Gasteiger partial charge in [-0.15, -0.1) is 0 Å². The van der Waals surface area contributed by atoms with E-state index in [9.17, 15) is 17.6 Å². The summed E-state index contributed by atoms with van der Waals surface area (Å²) in [7, 11) is -4.12. The van der Waals surface area contributed by atoms with Crippen LogP contribution in [0.1, 0.15) is 25.7 Å². The molecule has 0 aromatic heterocycles. The van der Waals surface area contributed by atoms with E-state index in [0.717, 1.165) is 23.6 Å². The molecule has 1 aliphatic heterocycles. The molecular formula is C23H25FN2O5S. The van der Waals surface area contributed by atoms with Gasteiger partial charge < -0.3 is 14.8 Å². The summed E-state index contributed by atoms with van der Waals surface area (Å²) in [5.74, 6) is 1.07. The van der Waals surface area contributed by atoms with Crippen molar-refractivity contribution in [2.45, 2.75) is 36.6 Å². The third-order valence-electron chi connectivity index (χ3n) is 6.59. The van der Waals surface area contributed by atoms with Crippen molar-refractivity contribution in [3.05, 3.63) is 48.3 Å². The predicted molar refractivity (Wildman–Crippen MR) is 116 cm³/mol. The fourth-order valence-electron chi connectivity index (χ4n) is 5.04. The molecule has 1 N–H and O–H groups in total. The lowest BCUT2D eigenvalue weighted by Gasteiger charge is -2.27. The third-order valence-corrected chi connectivity index (χ3v) is 8.36. The van der Waals surface area contributed by atoms with Crippen LogP contribution in [0.2, 0.25) is 0 Å². The molecule has 5 rings (SSSR count). The zero-order chi connectivity index (χ0) is 22.3. The van der Waals surface area contributed by atoms with Crippen LogP contribution >= 0.6 is 0 Å². The van der Waals surface area contributed by atoms with Gasteiger partial charge in [0, 0.05) is 12.1 Å². The Kier molecular flexibility index (Phi) is 5.44. The van der Waals surface area contributed by atoms with E-state index in [4.69, 9.17) is 9.47 Å². The Hall–Kier alpha value is -2.81. The number of fused-ring (bicyclic) bond motifs is 3. The summed E-state index contributed by atoms with van der Waals surface area (Å²) < 4.78 is 52.6. The van der Waals surface area contributed by atoms with E-state index in [1.54, 1.807) is 6.07 Å². The maximum atomic E-state index is 13.6. The predicted octanol–water partition coefficient (Wildman–Crippen LogP) is 3.10. The molecule has 32 heavy (non-hydrogen) atoms. The van der Waals surface area contributed by atoms with Crippen LogP contribution in [0.4, 0.5) is 10.1 Å². The lowest BCUT2D eigenvalue weighted by atomic mass is 9.95. The van der Waals surface area contributed by atoms with Crippen molar-refractivity contribution in [3.8, 4) is 11.5 Å². The summed E-state index contributed by atoms with van der Waals surface area (Å²) in [6, 6.07) is 9.52. The van der Waals surface area contributed by atoms with Gasteiger partial charge in [0.05, 0.1) is 10.6 Å². The fourth-order valence-corrected chi connectivity index (χ4v) is 6.48. The van der Waals surface area contributed by atoms with E-state index < -0.39 is 22.4 Å². The van der Waals surface area contributed by atoms with Crippen LogP contribution in [-0.2, 0) is 14.8 Å². The molecule has 3 aliphatic rings. The quantitative estimate of drug-likeness (QED) is 0.716. The van der Waals surface area contributed by atoms with E-state index in [2.05, 4.69) is 5.32 Å². The third kappa shape index (κ3) is 4.01. The molecule has 0 spiro atoms. The second kappa shape index (κ2) is 8.27. The number of nitrogens with zero attached hydrogens (tertiary/aromatic N) is 1. The highest BCUT2D eigenvalue weighted by molar-refractivity contribution is 7.92. The molecule has 2 fully saturated rings. The number of carbonyl (C=O) groups excluding carboxylic acids is 1. The Labute approximate surface area is 186 Å². The minimum atomic E-state index is -4.12. The minimum absolute atomic E-state index is 0.0289. The fraction of sp³-hybridized carbons (Fsp3) is 0.435. The topological polar surface area (TPSA) is 84.9 Å². The van der Waals surface area contributed by atoms with Crippen LogP contribution in [0, 0.1) is 17.7 Å². The Morgan fingerprint density at radius 1 is 1.03 bits per heavy atom. The maximum absolute atomic E-state index is 13.6. The van der Waals surface area contributed by atoms with Gasteiger partial charge >= 0.3 is 0 Å². The summed E-state index contributed by atoms with van der Waals surface area (Å²) in [4.78, 5) is 12.9. The zero-order valence-corrected chi connectivity index (χ0v) is 18.3. The van der Waals surface area contributed by atoms with E-state index >= 15 is 0 Å². The van der Waals surface area contributed by atoms with Crippen LogP contribution in [0.25, 0.3) is 0 Å². The summed E-state index contributed by atoms with van der Waals surface area (Å²) in [5.41, 5.74) is 0.212. The molecular weight excluding hydrogens is 435 g/mol. The molecule has 170 valence electrons. The van der Waals surface area contributed by atoms with E-state index in [-0.39, 0.29) is 22.5 Å². The largest absolute Gasteiger partial charge is 0.486 e. The minimum Gasteiger partial charge on any atom is -0.486 e. The van der Waals surface area contributed by atoms with Gasteiger partial charge in [-0.2, -0.15) is 0 Å². The second-order valence-electron chi connectivity index (χ2n) is 8.64. The molecule has 1 amide bonds. The number of rotatable bonds is 6. The Morgan fingerprint density at radius 2 is 1.78 bits per heavy atom. The molecule has 0 saturated heterocycles. The van der Waals surface area contributed by atoms with Gasteiger partial charge in [0.25, 0.3) is 10.0 Å². The van der Waals surface area contributed by atoms with Gasteiger partial charge in [-0.25, -0.2) is 12.8 Å². The highest BCUT2D eigenvalue weighted by Gasteiger charge is 2.40. The monoisotopic (exact) mass is 460 g/mol. The number of ether oxygens (including phenoxy) is 2. The Balaban J connectivity index is 1.42. The van der Waals surface area contributed by atoms with E-state index in [1.165, 1.54) is 42.8 Å². The smallest absolute Gasteiger partial charge is 0.264 e. The van der Waals surface area contributed by atoms with Gasteiger partial charge in [-0.3, -0.25) is 9.10 Å². The average molecular weight is 461 g/mol. The molecule has 2 aromatic carbocycles. The van der Waals surface area contributed by atoms with Crippen molar-refractivity contribution < 1.29 is 27.1 Å². The Morgan fingerprint density at radius 3 is 2.47 bits per heavy atom. The second-order valence-corrected chi connectivity index (χ2v) is 10.5.